The Morgan fingerprint density at radius 1 is 1.12 bits per heavy atom. The third-order valence-corrected chi connectivity index (χ3v) is 2.89. The zero-order valence-corrected chi connectivity index (χ0v) is 11.4. The lowest BCUT2D eigenvalue weighted by molar-refractivity contribution is 0.982. The van der Waals surface area contributed by atoms with Crippen molar-refractivity contribution >= 4 is 33.5 Å². The molecule has 0 unspecified atom stereocenters. The van der Waals surface area contributed by atoms with Crippen LogP contribution in [-0.2, 0) is 6.42 Å². The van der Waals surface area contributed by atoms with E-state index in [0.29, 0.717) is 5.95 Å². The summed E-state index contributed by atoms with van der Waals surface area (Å²) in [5.74, 6) is 0.641. The van der Waals surface area contributed by atoms with Crippen molar-refractivity contribution in [2.75, 3.05) is 11.9 Å². The van der Waals surface area contributed by atoms with E-state index in [4.69, 9.17) is 11.6 Å². The van der Waals surface area contributed by atoms with Crippen LogP contribution < -0.4 is 5.32 Å². The Morgan fingerprint density at radius 3 is 2.41 bits per heavy atom. The Balaban J connectivity index is 1.83. The lowest BCUT2D eigenvalue weighted by atomic mass is 10.1. The fourth-order valence-electron chi connectivity index (χ4n) is 1.37. The summed E-state index contributed by atoms with van der Waals surface area (Å²) in [6, 6.07) is 7.83. The van der Waals surface area contributed by atoms with E-state index >= 15 is 0 Å². The number of anilines is 1. The highest BCUT2D eigenvalue weighted by atomic mass is 79.9. The van der Waals surface area contributed by atoms with Crippen molar-refractivity contribution in [2.24, 2.45) is 0 Å². The maximum atomic E-state index is 5.82. The fraction of sp³-hybridized carbons (Fsp3) is 0.167. The molecule has 88 valence electrons. The van der Waals surface area contributed by atoms with E-state index in [0.717, 1.165) is 22.5 Å². The first-order valence-electron chi connectivity index (χ1n) is 5.20. The van der Waals surface area contributed by atoms with Gasteiger partial charge in [0.1, 0.15) is 0 Å². The van der Waals surface area contributed by atoms with Crippen LogP contribution in [0.4, 0.5) is 5.95 Å². The summed E-state index contributed by atoms with van der Waals surface area (Å²) in [5.41, 5.74) is 1.24. The second-order valence-electron chi connectivity index (χ2n) is 3.53. The van der Waals surface area contributed by atoms with Gasteiger partial charge in [0.05, 0.1) is 4.47 Å². The highest BCUT2D eigenvalue weighted by Gasteiger charge is 1.96. The summed E-state index contributed by atoms with van der Waals surface area (Å²) < 4.78 is 0.876. The average Bonchev–Trinajstić information content (AvgIpc) is 2.34. The Hall–Kier alpha value is -1.13. The van der Waals surface area contributed by atoms with Crippen molar-refractivity contribution in [3.05, 3.63) is 51.7 Å². The molecular formula is C12H11BrClN3. The van der Waals surface area contributed by atoms with Crippen molar-refractivity contribution in [1.82, 2.24) is 9.97 Å². The van der Waals surface area contributed by atoms with Gasteiger partial charge in [0.15, 0.2) is 0 Å². The molecule has 0 aliphatic rings. The van der Waals surface area contributed by atoms with Crippen LogP contribution in [0.15, 0.2) is 41.1 Å². The molecule has 0 bridgehead atoms. The molecule has 1 N–H and O–H groups in total. The molecule has 5 heteroatoms. The summed E-state index contributed by atoms with van der Waals surface area (Å²) in [7, 11) is 0. The third kappa shape index (κ3) is 3.98. The van der Waals surface area contributed by atoms with Gasteiger partial charge in [0, 0.05) is 24.0 Å². The zero-order valence-electron chi connectivity index (χ0n) is 9.03. The van der Waals surface area contributed by atoms with E-state index in [1.807, 2.05) is 24.3 Å². The molecule has 0 aliphatic carbocycles. The summed E-state index contributed by atoms with van der Waals surface area (Å²) in [4.78, 5) is 8.27. The molecule has 3 nitrogen and oxygen atoms in total. The summed E-state index contributed by atoms with van der Waals surface area (Å²) >= 11 is 9.11. The number of hydrogen-bond acceptors (Lipinski definition) is 3. The minimum absolute atomic E-state index is 0.641. The van der Waals surface area contributed by atoms with Gasteiger partial charge in [-0.3, -0.25) is 0 Å². The highest BCUT2D eigenvalue weighted by Crippen LogP contribution is 2.10. The van der Waals surface area contributed by atoms with Gasteiger partial charge in [-0.15, -0.1) is 0 Å². The second-order valence-corrected chi connectivity index (χ2v) is 4.88. The molecule has 0 aliphatic heterocycles. The van der Waals surface area contributed by atoms with Gasteiger partial charge in [-0.05, 0) is 40.0 Å². The molecule has 0 spiro atoms. The maximum Gasteiger partial charge on any atom is 0.222 e. The Morgan fingerprint density at radius 2 is 1.76 bits per heavy atom. The van der Waals surface area contributed by atoms with Gasteiger partial charge in [0.25, 0.3) is 0 Å². The van der Waals surface area contributed by atoms with Crippen molar-refractivity contribution < 1.29 is 0 Å². The molecule has 1 aromatic carbocycles. The molecule has 0 saturated carbocycles. The van der Waals surface area contributed by atoms with Crippen LogP contribution in [0, 0.1) is 0 Å². The topological polar surface area (TPSA) is 37.8 Å². The van der Waals surface area contributed by atoms with Crippen LogP contribution in [0.3, 0.4) is 0 Å². The Bertz CT molecular complexity index is 425. The SMILES string of the molecule is Clc1ccc(CCNc2ncc(Br)cn2)cc1. The molecule has 0 fully saturated rings. The molecule has 1 heterocycles. The molecule has 2 aromatic rings. The number of halogens is 2. The molecule has 0 amide bonds. The van der Waals surface area contributed by atoms with Crippen LogP contribution in [0.2, 0.25) is 5.02 Å². The first-order valence-corrected chi connectivity index (χ1v) is 6.37. The van der Waals surface area contributed by atoms with Crippen molar-refractivity contribution in [3.63, 3.8) is 0 Å². The molecule has 17 heavy (non-hydrogen) atoms. The molecule has 0 atom stereocenters. The number of benzene rings is 1. The molecule has 0 saturated heterocycles. The standard InChI is InChI=1S/C12H11BrClN3/c13-10-7-16-12(17-8-10)15-6-5-9-1-3-11(14)4-2-9/h1-4,7-8H,5-6H2,(H,15,16,17). The number of hydrogen-bond donors (Lipinski definition) is 1. The van der Waals surface area contributed by atoms with Crippen LogP contribution in [-0.4, -0.2) is 16.5 Å². The number of nitrogens with one attached hydrogen (secondary N) is 1. The monoisotopic (exact) mass is 311 g/mol. The van der Waals surface area contributed by atoms with Gasteiger partial charge < -0.3 is 5.32 Å². The van der Waals surface area contributed by atoms with Crippen molar-refractivity contribution in [2.45, 2.75) is 6.42 Å². The molecule has 1 aromatic heterocycles. The van der Waals surface area contributed by atoms with E-state index in [2.05, 4.69) is 31.2 Å². The van der Waals surface area contributed by atoms with Gasteiger partial charge >= 0.3 is 0 Å². The Kier molecular flexibility index (Phi) is 4.34. The van der Waals surface area contributed by atoms with Crippen molar-refractivity contribution in [1.29, 1.82) is 0 Å². The molecule has 2 rings (SSSR count). The number of aromatic nitrogens is 2. The van der Waals surface area contributed by atoms with Crippen LogP contribution >= 0.6 is 27.5 Å². The van der Waals surface area contributed by atoms with E-state index in [-0.39, 0.29) is 0 Å². The highest BCUT2D eigenvalue weighted by molar-refractivity contribution is 9.10. The number of rotatable bonds is 4. The second kappa shape index (κ2) is 5.98. The normalized spacial score (nSPS) is 10.2. The van der Waals surface area contributed by atoms with E-state index in [1.54, 1.807) is 12.4 Å². The third-order valence-electron chi connectivity index (χ3n) is 2.23. The lowest BCUT2D eigenvalue weighted by Gasteiger charge is -2.04. The average molecular weight is 313 g/mol. The molecular weight excluding hydrogens is 302 g/mol. The predicted molar refractivity (Wildman–Crippen MR) is 73.4 cm³/mol. The smallest absolute Gasteiger partial charge is 0.222 e. The summed E-state index contributed by atoms with van der Waals surface area (Å²) in [6.45, 7) is 0.795. The van der Waals surface area contributed by atoms with Crippen LogP contribution in [0.5, 0.6) is 0 Å². The van der Waals surface area contributed by atoms with Crippen LogP contribution in [0.25, 0.3) is 0 Å². The largest absolute Gasteiger partial charge is 0.354 e. The summed E-state index contributed by atoms with van der Waals surface area (Å²) in [5, 5.41) is 3.92. The van der Waals surface area contributed by atoms with Crippen LogP contribution in [0.1, 0.15) is 5.56 Å². The maximum absolute atomic E-state index is 5.82. The van der Waals surface area contributed by atoms with Gasteiger partial charge in [-0.25, -0.2) is 9.97 Å². The van der Waals surface area contributed by atoms with E-state index < -0.39 is 0 Å². The molecule has 0 radical (unpaired) electrons. The van der Waals surface area contributed by atoms with Crippen molar-refractivity contribution in [3.8, 4) is 0 Å². The van der Waals surface area contributed by atoms with E-state index in [9.17, 15) is 0 Å². The first kappa shape index (κ1) is 12.3. The zero-order chi connectivity index (χ0) is 12.1. The summed E-state index contributed by atoms with van der Waals surface area (Å²) in [6.07, 6.45) is 4.35. The van der Waals surface area contributed by atoms with E-state index in [1.165, 1.54) is 5.56 Å². The van der Waals surface area contributed by atoms with Gasteiger partial charge in [0.2, 0.25) is 5.95 Å². The minimum Gasteiger partial charge on any atom is -0.354 e. The minimum atomic E-state index is 0.641. The predicted octanol–water partition coefficient (Wildman–Crippen LogP) is 3.55. The Labute approximate surface area is 113 Å². The number of nitrogens with zero attached hydrogens (tertiary/aromatic N) is 2. The lowest BCUT2D eigenvalue weighted by Crippen LogP contribution is -2.07. The fourth-order valence-corrected chi connectivity index (χ4v) is 1.70. The quantitative estimate of drug-likeness (QED) is 0.938. The van der Waals surface area contributed by atoms with Gasteiger partial charge in [-0.2, -0.15) is 0 Å². The van der Waals surface area contributed by atoms with Gasteiger partial charge in [-0.1, -0.05) is 23.7 Å². The first-order chi connectivity index (χ1) is 8.24.